The van der Waals surface area contributed by atoms with Crippen LogP contribution in [0.1, 0.15) is 0 Å². The maximum absolute atomic E-state index is 10.5. The van der Waals surface area contributed by atoms with Gasteiger partial charge in [0.05, 0.1) is 5.52 Å². The first-order valence-corrected chi connectivity index (χ1v) is 8.14. The monoisotopic (exact) mass is 355 g/mol. The third-order valence-electron chi connectivity index (χ3n) is 3.42. The fourth-order valence-electron chi connectivity index (χ4n) is 2.32. The Labute approximate surface area is 152 Å². The molecule has 1 aromatic carbocycles. The van der Waals surface area contributed by atoms with E-state index >= 15 is 0 Å². The van der Waals surface area contributed by atoms with E-state index in [0.717, 1.165) is 10.9 Å². The summed E-state index contributed by atoms with van der Waals surface area (Å²) in [7, 11) is 0. The zero-order valence-corrected chi connectivity index (χ0v) is 14.7. The number of benzene rings is 1. The summed E-state index contributed by atoms with van der Waals surface area (Å²) in [6.45, 7) is 12.6. The smallest absolute Gasteiger partial charge is 0.239 e. The number of thiocarbonyl (C=S) groups is 1. The molecule has 0 saturated heterocycles. The van der Waals surface area contributed by atoms with Gasteiger partial charge in [0.25, 0.3) is 0 Å². The van der Waals surface area contributed by atoms with E-state index in [9.17, 15) is 5.11 Å². The lowest BCUT2D eigenvalue weighted by Gasteiger charge is -2.17. The summed E-state index contributed by atoms with van der Waals surface area (Å²) in [4.78, 5) is 1.80. The lowest BCUT2D eigenvalue weighted by molar-refractivity contribution is 0.438. The molecule has 0 aliphatic carbocycles. The van der Waals surface area contributed by atoms with Crippen molar-refractivity contribution in [3.8, 4) is 5.88 Å². The van der Waals surface area contributed by atoms with E-state index in [1.807, 2.05) is 24.3 Å². The molecule has 2 aromatic rings. The molecule has 0 unspecified atom stereocenters. The molecule has 1 aromatic heterocycles. The Kier molecular flexibility index (Phi) is 6.47. The second kappa shape index (κ2) is 8.79. The van der Waals surface area contributed by atoms with Crippen molar-refractivity contribution in [1.29, 1.82) is 0 Å². The van der Waals surface area contributed by atoms with Gasteiger partial charge in [0, 0.05) is 25.0 Å². The largest absolute Gasteiger partial charge is 0.492 e. The number of para-hydroxylation sites is 1. The first-order valence-electron chi connectivity index (χ1n) is 7.73. The number of hydrogen-bond acceptors (Lipinski definition) is 4. The number of aromatic hydroxyl groups is 1. The van der Waals surface area contributed by atoms with Crippen molar-refractivity contribution in [2.24, 2.45) is 10.2 Å². The zero-order valence-electron chi connectivity index (χ0n) is 13.9. The van der Waals surface area contributed by atoms with Gasteiger partial charge in [-0.2, -0.15) is 0 Å². The van der Waals surface area contributed by atoms with Gasteiger partial charge >= 0.3 is 0 Å². The molecule has 6 nitrogen and oxygen atoms in total. The van der Waals surface area contributed by atoms with Crippen LogP contribution in [0.3, 0.4) is 0 Å². The van der Waals surface area contributed by atoms with Crippen LogP contribution in [0.15, 0.2) is 72.5 Å². The minimum absolute atomic E-state index is 0.0337. The van der Waals surface area contributed by atoms with Gasteiger partial charge in [-0.25, -0.2) is 4.68 Å². The molecule has 0 spiro atoms. The minimum Gasteiger partial charge on any atom is -0.492 e. The van der Waals surface area contributed by atoms with Crippen LogP contribution in [0, 0.1) is 0 Å². The summed E-state index contributed by atoms with van der Waals surface area (Å²) in [5, 5.41) is 19.9. The lowest BCUT2D eigenvalue weighted by atomic mass is 10.2. The third kappa shape index (κ3) is 4.13. The highest BCUT2D eigenvalue weighted by molar-refractivity contribution is 7.80. The second-order valence-electron chi connectivity index (χ2n) is 5.14. The molecule has 0 saturated carbocycles. The van der Waals surface area contributed by atoms with E-state index in [1.54, 1.807) is 27.8 Å². The number of azo groups is 1. The molecule has 2 N–H and O–H groups in total. The number of fused-ring (bicyclic) bond motifs is 1. The van der Waals surface area contributed by atoms with Crippen LogP contribution in [0.2, 0.25) is 0 Å². The van der Waals surface area contributed by atoms with Gasteiger partial charge in [-0.3, -0.25) is 0 Å². The van der Waals surface area contributed by atoms with Gasteiger partial charge in [-0.1, -0.05) is 36.4 Å². The van der Waals surface area contributed by atoms with Crippen molar-refractivity contribution >= 4 is 33.9 Å². The van der Waals surface area contributed by atoms with Gasteiger partial charge in [-0.05, 0) is 18.3 Å². The molecule has 1 heterocycles. The molecule has 0 radical (unpaired) electrons. The maximum Gasteiger partial charge on any atom is 0.239 e. The fourth-order valence-corrected chi connectivity index (χ4v) is 2.51. The van der Waals surface area contributed by atoms with Gasteiger partial charge in [-0.15, -0.1) is 30.0 Å². The van der Waals surface area contributed by atoms with E-state index in [-0.39, 0.29) is 5.88 Å². The molecule has 130 valence electrons. The minimum atomic E-state index is -0.0337. The molecule has 0 fully saturated rings. The van der Waals surface area contributed by atoms with Crippen LogP contribution in [0.25, 0.3) is 10.9 Å². The van der Waals surface area contributed by atoms with E-state index in [0.29, 0.717) is 30.4 Å². The van der Waals surface area contributed by atoms with Crippen LogP contribution in [-0.4, -0.2) is 39.4 Å². The first-order chi connectivity index (χ1) is 12.1. The molecule has 0 atom stereocenters. The standard InChI is InChI=1S/C18H21N5OS/c1-4-11-19-23-15-10-8-7-9-14(15)16(17(23)24)20-21-18(25)22(12-5-2)13-6-3/h4-10,19,24H,1-3,11-13H2. The van der Waals surface area contributed by atoms with Crippen LogP contribution >= 0.6 is 12.2 Å². The number of aromatic nitrogens is 1. The Morgan fingerprint density at radius 3 is 2.52 bits per heavy atom. The average Bonchev–Trinajstić information content (AvgIpc) is 2.89. The van der Waals surface area contributed by atoms with E-state index in [1.165, 1.54) is 0 Å². The zero-order chi connectivity index (χ0) is 18.2. The normalized spacial score (nSPS) is 10.7. The molecule has 2 rings (SSSR count). The second-order valence-corrected chi connectivity index (χ2v) is 5.51. The van der Waals surface area contributed by atoms with Gasteiger partial charge in [0.2, 0.25) is 11.0 Å². The Hall–Kier alpha value is -2.93. The van der Waals surface area contributed by atoms with Crippen molar-refractivity contribution < 1.29 is 5.11 Å². The molecular formula is C18H21N5OS. The lowest BCUT2D eigenvalue weighted by Crippen LogP contribution is -2.28. The summed E-state index contributed by atoms with van der Waals surface area (Å²) >= 11 is 5.30. The molecule has 0 aliphatic heterocycles. The number of rotatable bonds is 8. The molecule has 25 heavy (non-hydrogen) atoms. The van der Waals surface area contributed by atoms with E-state index < -0.39 is 0 Å². The highest BCUT2D eigenvalue weighted by atomic mass is 32.1. The topological polar surface area (TPSA) is 65.1 Å². The van der Waals surface area contributed by atoms with Crippen LogP contribution in [0.4, 0.5) is 5.69 Å². The van der Waals surface area contributed by atoms with Crippen LogP contribution < -0.4 is 5.43 Å². The number of nitrogens with zero attached hydrogens (tertiary/aromatic N) is 4. The Bertz CT molecular complexity index is 814. The van der Waals surface area contributed by atoms with Crippen molar-refractivity contribution in [2.45, 2.75) is 0 Å². The predicted molar refractivity (Wildman–Crippen MR) is 107 cm³/mol. The predicted octanol–water partition coefficient (Wildman–Crippen LogP) is 4.12. The van der Waals surface area contributed by atoms with Gasteiger partial charge in [0.1, 0.15) is 0 Å². The highest BCUT2D eigenvalue weighted by Gasteiger charge is 2.16. The Balaban J connectivity index is 2.38. The summed E-state index contributed by atoms with van der Waals surface area (Å²) < 4.78 is 1.56. The molecule has 0 amide bonds. The number of nitrogens with one attached hydrogen (secondary N) is 1. The number of hydrogen-bond donors (Lipinski definition) is 2. The third-order valence-corrected chi connectivity index (χ3v) is 3.76. The average molecular weight is 355 g/mol. The summed E-state index contributed by atoms with van der Waals surface area (Å²) in [5.41, 5.74) is 4.20. The van der Waals surface area contributed by atoms with Crippen molar-refractivity contribution in [2.75, 3.05) is 25.1 Å². The molecule has 0 aliphatic rings. The molecule has 7 heteroatoms. The quantitative estimate of drug-likeness (QED) is 0.425. The van der Waals surface area contributed by atoms with Gasteiger partial charge in [0.15, 0.2) is 5.69 Å². The fraction of sp³-hybridized carbons (Fsp3) is 0.167. The van der Waals surface area contributed by atoms with Gasteiger partial charge < -0.3 is 15.4 Å². The van der Waals surface area contributed by atoms with Crippen molar-refractivity contribution in [3.05, 3.63) is 62.2 Å². The van der Waals surface area contributed by atoms with Crippen LogP contribution in [-0.2, 0) is 0 Å². The van der Waals surface area contributed by atoms with Crippen LogP contribution in [0.5, 0.6) is 5.88 Å². The Morgan fingerprint density at radius 1 is 1.20 bits per heavy atom. The highest BCUT2D eigenvalue weighted by Crippen LogP contribution is 2.37. The van der Waals surface area contributed by atoms with Crippen molar-refractivity contribution in [3.63, 3.8) is 0 Å². The molecular weight excluding hydrogens is 334 g/mol. The van der Waals surface area contributed by atoms with E-state index in [2.05, 4.69) is 35.4 Å². The SMILES string of the molecule is C=CCNn1c(O)c(N=NC(=S)N(CC=C)CC=C)c2ccccc21. The van der Waals surface area contributed by atoms with E-state index in [4.69, 9.17) is 12.2 Å². The van der Waals surface area contributed by atoms with Crippen molar-refractivity contribution in [1.82, 2.24) is 9.58 Å². The summed E-state index contributed by atoms with van der Waals surface area (Å²) in [5.74, 6) is -0.0337. The Morgan fingerprint density at radius 2 is 1.88 bits per heavy atom. The maximum atomic E-state index is 10.5. The molecule has 0 bridgehead atoms. The first kappa shape index (κ1) is 18.4. The summed E-state index contributed by atoms with van der Waals surface area (Å²) in [6.07, 6.45) is 5.16. The summed E-state index contributed by atoms with van der Waals surface area (Å²) in [6, 6.07) is 7.50.